The maximum absolute atomic E-state index is 10.6. The van der Waals surface area contributed by atoms with Crippen molar-refractivity contribution in [1.82, 2.24) is 9.62 Å². The molecule has 1 N–H and O–H groups in total. The van der Waals surface area contributed by atoms with Crippen LogP contribution in [0.1, 0.15) is 0 Å². The summed E-state index contributed by atoms with van der Waals surface area (Å²) in [5.41, 5.74) is 0. The van der Waals surface area contributed by atoms with Gasteiger partial charge in [-0.15, -0.1) is 0 Å². The van der Waals surface area contributed by atoms with Crippen LogP contribution in [-0.4, -0.2) is 29.7 Å². The van der Waals surface area contributed by atoms with E-state index in [9.17, 15) is 4.79 Å². The molecule has 0 aromatic carbocycles. The third-order valence-electron chi connectivity index (χ3n) is 1.03. The van der Waals surface area contributed by atoms with Gasteiger partial charge in [0.2, 0.25) is 5.91 Å². The molecule has 4 heteroatoms. The Balaban J connectivity index is 2.42. The number of amides is 1. The molecule has 8 heavy (non-hydrogen) atoms. The van der Waals surface area contributed by atoms with E-state index in [1.165, 1.54) is 11.9 Å². The van der Waals surface area contributed by atoms with Crippen LogP contribution in [0.4, 0.5) is 0 Å². The van der Waals surface area contributed by atoms with Crippen molar-refractivity contribution in [2.24, 2.45) is 0 Å². The van der Waals surface area contributed by atoms with Gasteiger partial charge in [-0.3, -0.25) is 14.4 Å². The zero-order valence-electron chi connectivity index (χ0n) is 4.68. The summed E-state index contributed by atoms with van der Waals surface area (Å²) in [7, 11) is 0. The lowest BCUT2D eigenvalue weighted by Crippen LogP contribution is -2.16. The lowest BCUT2D eigenvalue weighted by molar-refractivity contribution is -0.122. The Labute approximate surface area is 52.6 Å². The molecular weight excluding hydrogens is 124 g/mol. The largest absolute Gasteiger partial charge is 0.290 e. The van der Waals surface area contributed by atoms with E-state index in [-0.39, 0.29) is 5.91 Å². The molecule has 0 atom stereocenters. The first-order valence-corrected chi connectivity index (χ1v) is 3.58. The van der Waals surface area contributed by atoms with Crippen LogP contribution < -0.4 is 5.32 Å². The molecule has 1 aliphatic rings. The number of nitrogens with zero attached hydrogens (tertiary/aromatic N) is 1. The Kier molecular flexibility index (Phi) is 1.75. The number of carbonyl (C=O) groups is 1. The smallest absolute Gasteiger partial charge is 0.247 e. The minimum atomic E-state index is 0.178. The average Bonchev–Trinajstić information content (AvgIpc) is 2.14. The van der Waals surface area contributed by atoms with Gasteiger partial charge in [-0.05, 0) is 11.9 Å². The summed E-state index contributed by atoms with van der Waals surface area (Å²) < 4.78 is 1.69. The van der Waals surface area contributed by atoms with Gasteiger partial charge in [0.15, 0.2) is 0 Å². The summed E-state index contributed by atoms with van der Waals surface area (Å²) in [5, 5.41) is 2.93. The highest BCUT2D eigenvalue weighted by Gasteiger charge is 2.17. The van der Waals surface area contributed by atoms with Crippen molar-refractivity contribution in [3.05, 3.63) is 0 Å². The third-order valence-corrected chi connectivity index (χ3v) is 1.80. The minimum absolute atomic E-state index is 0.178. The lowest BCUT2D eigenvalue weighted by atomic mass is 10.7. The quantitative estimate of drug-likeness (QED) is 0.495. The highest BCUT2D eigenvalue weighted by Crippen LogP contribution is 2.06. The fourth-order valence-electron chi connectivity index (χ4n) is 0.607. The van der Waals surface area contributed by atoms with Gasteiger partial charge in [0, 0.05) is 6.26 Å². The van der Waals surface area contributed by atoms with Crippen molar-refractivity contribution < 1.29 is 4.79 Å². The van der Waals surface area contributed by atoms with Gasteiger partial charge in [-0.2, -0.15) is 0 Å². The van der Waals surface area contributed by atoms with E-state index >= 15 is 0 Å². The van der Waals surface area contributed by atoms with Crippen molar-refractivity contribution in [2.45, 2.75) is 0 Å². The van der Waals surface area contributed by atoms with E-state index in [2.05, 4.69) is 5.32 Å². The second kappa shape index (κ2) is 2.37. The SMILES string of the molecule is CSN1CNCC1=O. The molecular formula is C4H8N2OS. The summed E-state index contributed by atoms with van der Waals surface area (Å²) >= 11 is 1.46. The van der Waals surface area contributed by atoms with Crippen LogP contribution >= 0.6 is 11.9 Å². The summed E-state index contributed by atoms with van der Waals surface area (Å²) in [6, 6.07) is 0. The van der Waals surface area contributed by atoms with E-state index in [4.69, 9.17) is 0 Å². The molecule has 0 unspecified atom stereocenters. The van der Waals surface area contributed by atoms with Gasteiger partial charge in [-0.1, -0.05) is 0 Å². The van der Waals surface area contributed by atoms with E-state index in [1.807, 2.05) is 6.26 Å². The lowest BCUT2D eigenvalue weighted by Gasteiger charge is -2.07. The van der Waals surface area contributed by atoms with Gasteiger partial charge in [0.05, 0.1) is 13.2 Å². The van der Waals surface area contributed by atoms with Crippen molar-refractivity contribution >= 4 is 17.9 Å². The molecule has 0 radical (unpaired) electrons. The van der Waals surface area contributed by atoms with E-state index in [0.717, 1.165) is 0 Å². The van der Waals surface area contributed by atoms with Crippen LogP contribution in [0.5, 0.6) is 0 Å². The predicted octanol–water partition coefficient (Wildman–Crippen LogP) is -0.346. The highest BCUT2D eigenvalue weighted by molar-refractivity contribution is 7.96. The molecule has 1 fully saturated rings. The first kappa shape index (κ1) is 5.91. The maximum Gasteiger partial charge on any atom is 0.247 e. The fourth-order valence-corrected chi connectivity index (χ4v) is 1.10. The van der Waals surface area contributed by atoms with Gasteiger partial charge >= 0.3 is 0 Å². The molecule has 0 aliphatic carbocycles. The second-order valence-corrected chi connectivity index (χ2v) is 2.35. The zero-order valence-corrected chi connectivity index (χ0v) is 5.49. The van der Waals surface area contributed by atoms with Gasteiger partial charge in [-0.25, -0.2) is 0 Å². The van der Waals surface area contributed by atoms with Crippen LogP contribution in [0.2, 0.25) is 0 Å². The molecule has 1 amide bonds. The standard InChI is InChI=1S/C4H8N2OS/c1-8-6-3-5-2-4(6)7/h5H,2-3H2,1H3. The van der Waals surface area contributed by atoms with E-state index < -0.39 is 0 Å². The van der Waals surface area contributed by atoms with Crippen LogP contribution in [0, 0.1) is 0 Å². The molecule has 1 heterocycles. The summed E-state index contributed by atoms with van der Waals surface area (Å²) in [6.45, 7) is 1.20. The number of carbonyl (C=O) groups excluding carboxylic acids is 1. The van der Waals surface area contributed by atoms with Gasteiger partial charge in [0.1, 0.15) is 0 Å². The number of rotatable bonds is 1. The number of nitrogens with one attached hydrogen (secondary N) is 1. The molecule has 0 aromatic heterocycles. The summed E-state index contributed by atoms with van der Waals surface area (Å²) in [4.78, 5) is 10.6. The van der Waals surface area contributed by atoms with Crippen molar-refractivity contribution in [2.75, 3.05) is 19.5 Å². The predicted molar refractivity (Wildman–Crippen MR) is 33.2 cm³/mol. The zero-order chi connectivity index (χ0) is 5.98. The highest BCUT2D eigenvalue weighted by atomic mass is 32.2. The molecule has 0 aromatic rings. The van der Waals surface area contributed by atoms with E-state index in [0.29, 0.717) is 13.2 Å². The van der Waals surface area contributed by atoms with E-state index in [1.54, 1.807) is 4.31 Å². The third kappa shape index (κ3) is 0.952. The molecule has 46 valence electrons. The average molecular weight is 132 g/mol. The molecule has 0 saturated carbocycles. The number of hydrogen-bond donors (Lipinski definition) is 1. The second-order valence-electron chi connectivity index (χ2n) is 1.54. The Morgan fingerprint density at radius 2 is 2.62 bits per heavy atom. The van der Waals surface area contributed by atoms with Gasteiger partial charge < -0.3 is 0 Å². The summed E-state index contributed by atoms with van der Waals surface area (Å²) in [5.74, 6) is 0.178. The Morgan fingerprint density at radius 3 is 2.88 bits per heavy atom. The van der Waals surface area contributed by atoms with Crippen molar-refractivity contribution in [1.29, 1.82) is 0 Å². The van der Waals surface area contributed by atoms with Gasteiger partial charge in [0.25, 0.3) is 0 Å². The Hall–Kier alpha value is -0.220. The molecule has 1 aliphatic heterocycles. The Bertz CT molecular complexity index is 106. The monoisotopic (exact) mass is 132 g/mol. The molecule has 0 spiro atoms. The van der Waals surface area contributed by atoms with Crippen LogP contribution in [0.25, 0.3) is 0 Å². The van der Waals surface area contributed by atoms with Crippen molar-refractivity contribution in [3.8, 4) is 0 Å². The topological polar surface area (TPSA) is 32.3 Å². The molecule has 1 rings (SSSR count). The van der Waals surface area contributed by atoms with Crippen molar-refractivity contribution in [3.63, 3.8) is 0 Å². The summed E-state index contributed by atoms with van der Waals surface area (Å²) in [6.07, 6.45) is 1.89. The Morgan fingerprint density at radius 1 is 1.88 bits per heavy atom. The first-order chi connectivity index (χ1) is 3.84. The first-order valence-electron chi connectivity index (χ1n) is 2.40. The molecule has 1 saturated heterocycles. The number of hydrogen-bond acceptors (Lipinski definition) is 3. The minimum Gasteiger partial charge on any atom is -0.290 e. The van der Waals surface area contributed by atoms with Crippen LogP contribution in [0.3, 0.4) is 0 Å². The molecule has 3 nitrogen and oxygen atoms in total. The maximum atomic E-state index is 10.6. The fraction of sp³-hybridized carbons (Fsp3) is 0.750. The van der Waals surface area contributed by atoms with Crippen LogP contribution in [0.15, 0.2) is 0 Å². The molecule has 0 bridgehead atoms. The van der Waals surface area contributed by atoms with Crippen LogP contribution in [-0.2, 0) is 4.79 Å². The normalized spacial score (nSPS) is 20.1.